The number of amides is 1. The van der Waals surface area contributed by atoms with Crippen LogP contribution in [-0.4, -0.2) is 34.4 Å². The topological polar surface area (TPSA) is 99.5 Å². The molecule has 1 aliphatic heterocycles. The van der Waals surface area contributed by atoms with Gasteiger partial charge in [-0.2, -0.15) is 4.98 Å². The molecule has 1 amide bonds. The third kappa shape index (κ3) is 7.93. The third-order valence-corrected chi connectivity index (χ3v) is 10.1. The van der Waals surface area contributed by atoms with Crippen LogP contribution in [0.15, 0.2) is 110 Å². The van der Waals surface area contributed by atoms with Crippen LogP contribution in [0.2, 0.25) is 5.02 Å². The molecular formula is C36H32Br2ClN5O4S. The normalized spacial score (nSPS) is 13.8. The molecule has 2 N–H and O–H groups in total. The van der Waals surface area contributed by atoms with E-state index >= 15 is 0 Å². The summed E-state index contributed by atoms with van der Waals surface area (Å²) in [5, 5.41) is 12.5. The fourth-order valence-electron chi connectivity index (χ4n) is 5.38. The molecule has 9 nitrogen and oxygen atoms in total. The summed E-state index contributed by atoms with van der Waals surface area (Å²) >= 11 is 15.1. The number of allylic oxidation sites excluding steroid dienone is 1. The SMILES string of the molecule is CCOc1cc(C2C(C(=O)Nc3ccccc3OC)=C(C)Nc3nc(SCc4ccccc4Cl)nn32)cc(Br)c1OCc1ccc(Br)cc1. The van der Waals surface area contributed by atoms with Crippen molar-refractivity contribution in [2.75, 3.05) is 24.4 Å². The highest BCUT2D eigenvalue weighted by Crippen LogP contribution is 2.44. The van der Waals surface area contributed by atoms with Gasteiger partial charge in [0.1, 0.15) is 18.4 Å². The smallest absolute Gasteiger partial charge is 0.255 e. The van der Waals surface area contributed by atoms with E-state index in [1.54, 1.807) is 23.9 Å². The minimum atomic E-state index is -0.677. The quantitative estimate of drug-likeness (QED) is 0.120. The van der Waals surface area contributed by atoms with E-state index in [0.29, 0.717) is 73.8 Å². The fourth-order valence-corrected chi connectivity index (χ4v) is 7.33. The predicted molar refractivity (Wildman–Crippen MR) is 201 cm³/mol. The molecule has 1 unspecified atom stereocenters. The van der Waals surface area contributed by atoms with Crippen molar-refractivity contribution in [2.24, 2.45) is 0 Å². The van der Waals surface area contributed by atoms with Gasteiger partial charge >= 0.3 is 0 Å². The van der Waals surface area contributed by atoms with E-state index in [0.717, 1.165) is 21.2 Å². The first-order valence-electron chi connectivity index (χ1n) is 15.3. The van der Waals surface area contributed by atoms with Crippen LogP contribution >= 0.6 is 55.2 Å². The van der Waals surface area contributed by atoms with E-state index in [2.05, 4.69) is 42.5 Å². The van der Waals surface area contributed by atoms with Gasteiger partial charge in [-0.25, -0.2) is 4.68 Å². The van der Waals surface area contributed by atoms with Gasteiger partial charge in [0.05, 0.1) is 29.4 Å². The molecule has 1 atom stereocenters. The fraction of sp³-hybridized carbons (Fsp3) is 0.194. The maximum atomic E-state index is 14.2. The number of fused-ring (bicyclic) bond motifs is 1. The summed E-state index contributed by atoms with van der Waals surface area (Å²) in [7, 11) is 1.57. The lowest BCUT2D eigenvalue weighted by atomic mass is 9.94. The number of nitrogens with zero attached hydrogens (tertiary/aromatic N) is 3. The Bertz CT molecular complexity index is 2020. The molecule has 0 saturated heterocycles. The zero-order valence-corrected chi connectivity index (χ0v) is 31.5. The molecule has 0 saturated carbocycles. The van der Waals surface area contributed by atoms with E-state index in [4.69, 9.17) is 35.9 Å². The Labute approximate surface area is 310 Å². The maximum Gasteiger partial charge on any atom is 0.255 e. The number of benzene rings is 4. The molecule has 5 aromatic rings. The first-order chi connectivity index (χ1) is 23.7. The Kier molecular flexibility index (Phi) is 11.2. The first kappa shape index (κ1) is 34.9. The van der Waals surface area contributed by atoms with E-state index < -0.39 is 6.04 Å². The highest BCUT2D eigenvalue weighted by atomic mass is 79.9. The zero-order valence-electron chi connectivity index (χ0n) is 26.8. The highest BCUT2D eigenvalue weighted by Gasteiger charge is 2.36. The summed E-state index contributed by atoms with van der Waals surface area (Å²) in [6.45, 7) is 4.51. The molecule has 13 heteroatoms. The van der Waals surface area contributed by atoms with E-state index in [1.807, 2.05) is 86.6 Å². The van der Waals surface area contributed by atoms with Crippen LogP contribution in [0.4, 0.5) is 11.6 Å². The van der Waals surface area contributed by atoms with Gasteiger partial charge in [0, 0.05) is 20.9 Å². The minimum absolute atomic E-state index is 0.324. The van der Waals surface area contributed by atoms with Crippen LogP contribution in [0, 0.1) is 0 Å². The van der Waals surface area contributed by atoms with Gasteiger partial charge in [-0.15, -0.1) is 5.10 Å². The van der Waals surface area contributed by atoms with E-state index in [9.17, 15) is 4.79 Å². The highest BCUT2D eigenvalue weighted by molar-refractivity contribution is 9.10. The van der Waals surface area contributed by atoms with Crippen molar-refractivity contribution in [3.05, 3.63) is 127 Å². The van der Waals surface area contributed by atoms with Gasteiger partial charge in [0.2, 0.25) is 11.1 Å². The Morgan fingerprint density at radius 3 is 2.53 bits per heavy atom. The van der Waals surface area contributed by atoms with Gasteiger partial charge in [0.25, 0.3) is 5.91 Å². The largest absolute Gasteiger partial charge is 0.495 e. The molecule has 252 valence electrons. The molecular weight excluding hydrogens is 794 g/mol. The monoisotopic (exact) mass is 823 g/mol. The standard InChI is InChI=1S/C36H32Br2ClN5O4S/c1-4-47-30-18-24(17-26(38)33(30)48-19-22-13-15-25(37)16-14-22)32-31(34(45)41-28-11-7-8-12-29(28)46-3)21(2)40-35-42-36(43-44(32)35)49-20-23-9-5-6-10-27(23)39/h5-18,32H,4,19-20H2,1-3H3,(H,41,45)(H,40,42,43). The summed E-state index contributed by atoms with van der Waals surface area (Å²) in [5.74, 6) is 2.38. The Morgan fingerprint density at radius 1 is 1.02 bits per heavy atom. The van der Waals surface area contributed by atoms with Gasteiger partial charge in [0.15, 0.2) is 11.5 Å². The first-order valence-corrected chi connectivity index (χ1v) is 18.3. The Morgan fingerprint density at radius 2 is 1.78 bits per heavy atom. The second-order valence-corrected chi connectivity index (χ2v) is 14.1. The number of rotatable bonds is 12. The molecule has 0 bridgehead atoms. The predicted octanol–water partition coefficient (Wildman–Crippen LogP) is 9.66. The number of aromatic nitrogens is 3. The van der Waals surface area contributed by atoms with Crippen molar-refractivity contribution in [1.29, 1.82) is 0 Å². The average Bonchev–Trinajstić information content (AvgIpc) is 3.50. The molecule has 0 aliphatic carbocycles. The lowest BCUT2D eigenvalue weighted by Gasteiger charge is -2.29. The Balaban J connectivity index is 1.39. The molecule has 0 radical (unpaired) electrons. The molecule has 6 rings (SSSR count). The van der Waals surface area contributed by atoms with Crippen LogP contribution in [-0.2, 0) is 17.2 Å². The van der Waals surface area contributed by atoms with Gasteiger partial charge < -0.3 is 24.8 Å². The van der Waals surface area contributed by atoms with Crippen LogP contribution in [0.5, 0.6) is 17.2 Å². The molecule has 1 aromatic heterocycles. The third-order valence-electron chi connectivity index (χ3n) is 7.69. The number of anilines is 2. The molecule has 4 aromatic carbocycles. The number of ether oxygens (including phenoxy) is 3. The van der Waals surface area contributed by atoms with Crippen molar-refractivity contribution in [3.63, 3.8) is 0 Å². The summed E-state index contributed by atoms with van der Waals surface area (Å²) in [6.07, 6.45) is 0. The molecule has 1 aliphatic rings. The van der Waals surface area contributed by atoms with E-state index in [-0.39, 0.29) is 5.91 Å². The molecule has 49 heavy (non-hydrogen) atoms. The average molecular weight is 826 g/mol. The van der Waals surface area contributed by atoms with Crippen LogP contribution in [0.1, 0.15) is 36.6 Å². The molecule has 0 fully saturated rings. The van der Waals surface area contributed by atoms with Crippen molar-refractivity contribution in [1.82, 2.24) is 14.8 Å². The number of thioether (sulfide) groups is 1. The number of carbonyl (C=O) groups excluding carboxylic acids is 1. The van der Waals surface area contributed by atoms with E-state index in [1.165, 1.54) is 11.8 Å². The number of hydrogen-bond donors (Lipinski definition) is 2. The van der Waals surface area contributed by atoms with Gasteiger partial charge in [-0.1, -0.05) is 81.8 Å². The van der Waals surface area contributed by atoms with Crippen molar-refractivity contribution in [2.45, 2.75) is 37.4 Å². The maximum absolute atomic E-state index is 14.2. The van der Waals surface area contributed by atoms with Crippen molar-refractivity contribution >= 4 is 72.8 Å². The molecule has 0 spiro atoms. The zero-order chi connectivity index (χ0) is 34.5. The summed E-state index contributed by atoms with van der Waals surface area (Å²) < 4.78 is 21.3. The number of nitrogens with one attached hydrogen (secondary N) is 2. The number of para-hydroxylation sites is 2. The number of hydrogen-bond acceptors (Lipinski definition) is 8. The Hall–Kier alpha value is -3.97. The van der Waals surface area contributed by atoms with Crippen LogP contribution in [0.3, 0.4) is 0 Å². The second-order valence-electron chi connectivity index (χ2n) is 10.9. The van der Waals surface area contributed by atoms with Crippen molar-refractivity contribution < 1.29 is 19.0 Å². The number of methoxy groups -OCH3 is 1. The second kappa shape index (κ2) is 15.7. The van der Waals surface area contributed by atoms with Crippen LogP contribution < -0.4 is 24.8 Å². The van der Waals surface area contributed by atoms with Gasteiger partial charge in [-0.05, 0) is 88.9 Å². The van der Waals surface area contributed by atoms with Gasteiger partial charge in [-0.3, -0.25) is 4.79 Å². The summed E-state index contributed by atoms with van der Waals surface area (Å²) in [6, 6.07) is 26.1. The number of halogens is 3. The van der Waals surface area contributed by atoms with Crippen molar-refractivity contribution in [3.8, 4) is 17.2 Å². The summed E-state index contributed by atoms with van der Waals surface area (Å²) in [4.78, 5) is 19.0. The molecule has 2 heterocycles. The summed E-state index contributed by atoms with van der Waals surface area (Å²) in [5.41, 5.74) is 4.34. The van der Waals surface area contributed by atoms with Crippen LogP contribution in [0.25, 0.3) is 0 Å². The lowest BCUT2D eigenvalue weighted by molar-refractivity contribution is -0.113. The number of carbonyl (C=O) groups is 1. The lowest BCUT2D eigenvalue weighted by Crippen LogP contribution is -2.31. The minimum Gasteiger partial charge on any atom is -0.495 e.